The molecule has 6 heterocycles. The van der Waals surface area contributed by atoms with Gasteiger partial charge in [-0.3, -0.25) is 14.5 Å². The van der Waals surface area contributed by atoms with Gasteiger partial charge in [-0.2, -0.15) is 10.2 Å². The first kappa shape index (κ1) is 38.9. The van der Waals surface area contributed by atoms with E-state index in [2.05, 4.69) is 73.4 Å². The van der Waals surface area contributed by atoms with Crippen LogP contribution < -0.4 is 16.4 Å². The topological polar surface area (TPSA) is 141 Å². The van der Waals surface area contributed by atoms with Crippen LogP contribution in [-0.2, 0) is 6.54 Å². The van der Waals surface area contributed by atoms with Crippen LogP contribution in [0.5, 0.6) is 0 Å². The number of H-pyrrole nitrogens is 2. The highest BCUT2D eigenvalue weighted by Crippen LogP contribution is 2.31. The van der Waals surface area contributed by atoms with Crippen LogP contribution in [0.1, 0.15) is 57.7 Å². The van der Waals surface area contributed by atoms with Gasteiger partial charge in [0, 0.05) is 49.1 Å². The predicted molar refractivity (Wildman–Crippen MR) is 210 cm³/mol. The summed E-state index contributed by atoms with van der Waals surface area (Å²) in [5, 5.41) is 12.6. The van der Waals surface area contributed by atoms with E-state index < -0.39 is 0 Å². The predicted octanol–water partition coefficient (Wildman–Crippen LogP) is 6.28. The average molecular weight is 749 g/mol. The number of nitrogens with zero attached hydrogens (tertiary/aromatic N) is 7. The number of aromatic amines is 2. The van der Waals surface area contributed by atoms with Crippen molar-refractivity contribution < 1.29 is 8.78 Å². The molecule has 4 atom stereocenters. The van der Waals surface area contributed by atoms with Gasteiger partial charge in [0.15, 0.2) is 22.7 Å². The van der Waals surface area contributed by atoms with Crippen molar-refractivity contribution >= 4 is 11.0 Å². The second kappa shape index (κ2) is 16.2. The van der Waals surface area contributed by atoms with E-state index in [1.807, 2.05) is 6.07 Å². The fourth-order valence-corrected chi connectivity index (χ4v) is 7.33. The normalized spacial score (nSPS) is 19.5. The maximum atomic E-state index is 13.3. The monoisotopic (exact) mass is 748 g/mol. The van der Waals surface area contributed by atoms with Gasteiger partial charge in [0.05, 0.1) is 12.4 Å². The third-order valence-corrected chi connectivity index (χ3v) is 10.2. The number of hydrogen-bond acceptors (Lipinski definition) is 8. The minimum atomic E-state index is -0.315. The molecule has 0 bridgehead atoms. The summed E-state index contributed by atoms with van der Waals surface area (Å²) in [6.45, 7) is 8.65. The average Bonchev–Trinajstić information content (AvgIpc) is 3.96. The molecule has 0 radical (unpaired) electrons. The van der Waals surface area contributed by atoms with E-state index in [-0.39, 0.29) is 49.4 Å². The standard InChI is InChI=1S/C23H22FN5O.C16H16FN5O.2CH4/c1-15-12-28(13-16-5-3-2-4-6-16)14-19(15)21-26-23(30)20-11-25-22(29(20)27-21)17-7-9-18(24)10-8-17;1-9-6-18-7-12(9)14-20-16(23)13-8-19-15(22(13)21-14)10-2-4-11(17)5-3-10;;/h2-11,15,19H,12-14H2,1H3,(H,26,27,30);2-5,8-9,12,18H,6-7H2,1H3,(H,20,21,23);2*1H4. The number of nitrogens with one attached hydrogen (secondary N) is 3. The number of rotatable bonds is 6. The van der Waals surface area contributed by atoms with Crippen LogP contribution in [0.2, 0.25) is 0 Å². The molecular formula is C41H46F2N10O2. The van der Waals surface area contributed by atoms with Gasteiger partial charge in [0.1, 0.15) is 23.3 Å². The highest BCUT2D eigenvalue weighted by Gasteiger charge is 2.33. The Hall–Kier alpha value is -5.86. The van der Waals surface area contributed by atoms with Gasteiger partial charge in [-0.25, -0.2) is 27.8 Å². The molecule has 4 unspecified atom stereocenters. The number of benzene rings is 3. The minimum absolute atomic E-state index is 0. The van der Waals surface area contributed by atoms with Crippen molar-refractivity contribution in [3.05, 3.63) is 141 Å². The summed E-state index contributed by atoms with van der Waals surface area (Å²) >= 11 is 0. The summed E-state index contributed by atoms with van der Waals surface area (Å²) in [4.78, 5) is 41.9. The molecule has 0 spiro atoms. The number of likely N-dealkylation sites (tertiary alicyclic amines) is 1. The zero-order valence-electron chi connectivity index (χ0n) is 29.2. The zero-order chi connectivity index (χ0) is 36.6. The van der Waals surface area contributed by atoms with Gasteiger partial charge in [-0.05, 0) is 72.5 Å². The fourth-order valence-electron chi connectivity index (χ4n) is 7.33. The maximum Gasteiger partial charge on any atom is 0.276 e. The number of fused-ring (bicyclic) bond motifs is 2. The lowest BCUT2D eigenvalue weighted by Gasteiger charge is -2.16. The number of aromatic nitrogens is 8. The van der Waals surface area contributed by atoms with Crippen LogP contribution >= 0.6 is 0 Å². The summed E-state index contributed by atoms with van der Waals surface area (Å²) in [6.07, 6.45) is 3.00. The van der Waals surface area contributed by atoms with Gasteiger partial charge >= 0.3 is 0 Å². The lowest BCUT2D eigenvalue weighted by molar-refractivity contribution is 0.318. The Kier molecular flexibility index (Phi) is 11.5. The molecule has 14 heteroatoms. The Bertz CT molecular complexity index is 2490. The summed E-state index contributed by atoms with van der Waals surface area (Å²) in [5.41, 5.74) is 3.04. The molecule has 12 nitrogen and oxygen atoms in total. The zero-order valence-corrected chi connectivity index (χ0v) is 29.2. The summed E-state index contributed by atoms with van der Waals surface area (Å²) < 4.78 is 29.5. The summed E-state index contributed by atoms with van der Waals surface area (Å²) in [6, 6.07) is 22.4. The van der Waals surface area contributed by atoms with Crippen molar-refractivity contribution in [3.8, 4) is 22.8 Å². The van der Waals surface area contributed by atoms with Crippen LogP contribution in [0.15, 0.2) is 101 Å². The van der Waals surface area contributed by atoms with Gasteiger partial charge in [-0.15, -0.1) is 0 Å². The van der Waals surface area contributed by atoms with E-state index in [1.165, 1.54) is 42.2 Å². The van der Waals surface area contributed by atoms with Gasteiger partial charge < -0.3 is 15.3 Å². The molecular weight excluding hydrogens is 703 g/mol. The van der Waals surface area contributed by atoms with Crippen LogP contribution in [0.25, 0.3) is 33.8 Å². The molecule has 0 aliphatic carbocycles. The number of imidazole rings is 2. The molecule has 2 fully saturated rings. The van der Waals surface area contributed by atoms with E-state index in [0.29, 0.717) is 57.3 Å². The van der Waals surface area contributed by atoms with Gasteiger partial charge in [0.25, 0.3) is 11.1 Å². The third-order valence-electron chi connectivity index (χ3n) is 10.2. The van der Waals surface area contributed by atoms with Crippen LogP contribution in [-0.4, -0.2) is 70.2 Å². The second-order valence-corrected chi connectivity index (χ2v) is 14.0. The molecule has 2 aliphatic rings. The van der Waals surface area contributed by atoms with Crippen LogP contribution in [0.3, 0.4) is 0 Å². The molecule has 3 N–H and O–H groups in total. The Balaban J connectivity index is 0.000000186. The first-order valence-corrected chi connectivity index (χ1v) is 17.7. The van der Waals surface area contributed by atoms with Crippen LogP contribution in [0, 0.1) is 23.5 Å². The molecule has 3 aromatic carbocycles. The number of hydrogen-bond donors (Lipinski definition) is 3. The smallest absolute Gasteiger partial charge is 0.276 e. The van der Waals surface area contributed by atoms with E-state index in [4.69, 9.17) is 5.10 Å². The molecule has 7 aromatic rings. The third kappa shape index (κ3) is 7.87. The molecule has 0 amide bonds. The van der Waals surface area contributed by atoms with Crippen molar-refractivity contribution in [2.45, 2.75) is 47.1 Å². The SMILES string of the molecule is C.C.CC1CN(Cc2ccccc2)CC1c1nn2c(-c3ccc(F)cc3)ncc2c(=O)[nH]1.CC1CNCC1c1nn2c(-c3ccc(F)cc3)ncc2c(=O)[nH]1. The van der Waals surface area contributed by atoms with Crippen LogP contribution in [0.4, 0.5) is 8.78 Å². The molecule has 2 aliphatic heterocycles. The summed E-state index contributed by atoms with van der Waals surface area (Å²) in [7, 11) is 0. The quantitative estimate of drug-likeness (QED) is 0.181. The molecule has 2 saturated heterocycles. The Morgan fingerprint density at radius 3 is 1.65 bits per heavy atom. The van der Waals surface area contributed by atoms with E-state index in [9.17, 15) is 18.4 Å². The number of halogens is 2. The molecule has 55 heavy (non-hydrogen) atoms. The first-order chi connectivity index (χ1) is 25.7. The first-order valence-electron chi connectivity index (χ1n) is 17.7. The van der Waals surface area contributed by atoms with E-state index in [0.717, 1.165) is 32.7 Å². The van der Waals surface area contributed by atoms with Crippen molar-refractivity contribution in [1.29, 1.82) is 0 Å². The van der Waals surface area contributed by atoms with E-state index >= 15 is 0 Å². The van der Waals surface area contributed by atoms with Crippen molar-refractivity contribution in [2.75, 3.05) is 26.2 Å². The van der Waals surface area contributed by atoms with Crippen molar-refractivity contribution in [1.82, 2.24) is 49.4 Å². The minimum Gasteiger partial charge on any atom is -0.316 e. The molecule has 0 saturated carbocycles. The fraction of sp³-hybridized carbons (Fsp3) is 0.317. The molecule has 4 aromatic heterocycles. The maximum absolute atomic E-state index is 13.3. The highest BCUT2D eigenvalue weighted by molar-refractivity contribution is 5.61. The lowest BCUT2D eigenvalue weighted by Crippen LogP contribution is -2.22. The largest absolute Gasteiger partial charge is 0.316 e. The van der Waals surface area contributed by atoms with Crippen molar-refractivity contribution in [3.63, 3.8) is 0 Å². The highest BCUT2D eigenvalue weighted by atomic mass is 19.1. The van der Waals surface area contributed by atoms with Gasteiger partial charge in [0.2, 0.25) is 0 Å². The molecule has 9 rings (SSSR count). The summed E-state index contributed by atoms with van der Waals surface area (Å²) in [5.74, 6) is 2.79. The lowest BCUT2D eigenvalue weighted by atomic mass is 9.97. The van der Waals surface area contributed by atoms with Gasteiger partial charge in [-0.1, -0.05) is 59.0 Å². The Morgan fingerprint density at radius 2 is 1.16 bits per heavy atom. The van der Waals surface area contributed by atoms with Crippen molar-refractivity contribution in [2.24, 2.45) is 11.8 Å². The van der Waals surface area contributed by atoms with E-state index in [1.54, 1.807) is 33.3 Å². The second-order valence-electron chi connectivity index (χ2n) is 14.0. The Morgan fingerprint density at radius 1 is 0.655 bits per heavy atom. The Labute approximate surface area is 317 Å². The molecule has 286 valence electrons.